The van der Waals surface area contributed by atoms with Crippen LogP contribution in [-0.2, 0) is 78.6 Å². The van der Waals surface area contributed by atoms with Crippen LogP contribution in [0.25, 0.3) is 0 Å². The van der Waals surface area contributed by atoms with E-state index in [0.717, 1.165) is 96.5 Å². The number of aromatic nitrogens is 4. The summed E-state index contributed by atoms with van der Waals surface area (Å²) in [5.74, 6) is 1.15. The third-order valence-corrected chi connectivity index (χ3v) is 22.7. The maximum absolute atomic E-state index is 13.3. The SMILES string of the molecule is CC(=O)c1csc(CN(CCC(c2ccccc2)c2ccccc2)Cc2ccc(C)cc2)n1.CC(=O)c1csc(CN(Cc2ccc(F)cc2)Cc2ccc(OCc3ccccc3)cc2)n1.CC(=O)c1csc(CN(Cc2ccc(F)cc2)Cc2cccc(Cl)c2)n1.COc1ccc(CN(Cc2ccc(F)cc2)Cc2nc(C(C)=O)cs2)cc1. The van der Waals surface area contributed by atoms with E-state index in [4.69, 9.17) is 21.1 Å². The van der Waals surface area contributed by atoms with E-state index in [1.54, 1.807) is 77.9 Å². The minimum atomic E-state index is -0.249. The van der Waals surface area contributed by atoms with Gasteiger partial charge in [0.05, 0.1) is 33.3 Å². The first kappa shape index (κ1) is 88.7. The molecule has 0 aliphatic rings. The molecule has 0 amide bonds. The lowest BCUT2D eigenvalue weighted by atomic mass is 9.88. The molecular formula is C97H94ClF3N8O6S4. The van der Waals surface area contributed by atoms with Crippen molar-refractivity contribution >= 4 is 80.1 Å². The summed E-state index contributed by atoms with van der Waals surface area (Å²) in [5.41, 5.74) is 14.8. The molecule has 0 saturated carbocycles. The summed E-state index contributed by atoms with van der Waals surface area (Å²) in [6.07, 6.45) is 1.00. The van der Waals surface area contributed by atoms with Gasteiger partial charge in [0.15, 0.2) is 23.1 Å². The molecule has 0 bridgehead atoms. The number of carbonyl (C=O) groups is 4. The van der Waals surface area contributed by atoms with Crippen LogP contribution in [0, 0.1) is 24.4 Å². The number of ketones is 4. The summed E-state index contributed by atoms with van der Waals surface area (Å²) in [6, 6.07) is 83.6. The highest BCUT2D eigenvalue weighted by atomic mass is 35.5. The molecule has 0 aliphatic heterocycles. The molecule has 0 aliphatic carbocycles. The molecule has 22 heteroatoms. The van der Waals surface area contributed by atoms with E-state index in [2.05, 4.69) is 144 Å². The number of ether oxygens (including phenoxy) is 2. The fourth-order valence-corrected chi connectivity index (χ4v) is 16.7. The molecule has 14 rings (SSSR count). The molecule has 4 aromatic heterocycles. The highest BCUT2D eigenvalue weighted by Gasteiger charge is 2.21. The topological polar surface area (TPSA) is 151 Å². The lowest BCUT2D eigenvalue weighted by molar-refractivity contribution is 0.100. The van der Waals surface area contributed by atoms with Crippen LogP contribution in [0.4, 0.5) is 13.2 Å². The number of Topliss-reactive ketones (excluding diaryl/α,β-unsaturated/α-hetero) is 4. The molecule has 119 heavy (non-hydrogen) atoms. The summed E-state index contributed by atoms with van der Waals surface area (Å²) < 4.78 is 50.8. The highest BCUT2D eigenvalue weighted by molar-refractivity contribution is 7.10. The fourth-order valence-electron chi connectivity index (χ4n) is 12.9. The van der Waals surface area contributed by atoms with Gasteiger partial charge < -0.3 is 9.47 Å². The van der Waals surface area contributed by atoms with Gasteiger partial charge in [0.25, 0.3) is 0 Å². The molecule has 0 unspecified atom stereocenters. The van der Waals surface area contributed by atoms with Gasteiger partial charge in [0.1, 0.15) is 78.4 Å². The first-order valence-corrected chi connectivity index (χ1v) is 42.8. The minimum Gasteiger partial charge on any atom is -0.497 e. The molecule has 0 saturated heterocycles. The van der Waals surface area contributed by atoms with Gasteiger partial charge in [-0.05, 0) is 148 Å². The van der Waals surface area contributed by atoms with E-state index in [1.807, 2.05) is 96.4 Å². The van der Waals surface area contributed by atoms with Crippen LogP contribution in [0.1, 0.15) is 163 Å². The molecule has 0 N–H and O–H groups in total. The molecule has 10 aromatic carbocycles. The van der Waals surface area contributed by atoms with Gasteiger partial charge in [-0.1, -0.05) is 205 Å². The lowest BCUT2D eigenvalue weighted by Crippen LogP contribution is -2.25. The van der Waals surface area contributed by atoms with Gasteiger partial charge >= 0.3 is 0 Å². The number of benzene rings is 10. The van der Waals surface area contributed by atoms with Gasteiger partial charge in [-0.3, -0.25) is 38.8 Å². The van der Waals surface area contributed by atoms with Crippen molar-refractivity contribution in [2.45, 2.75) is 126 Å². The molecule has 610 valence electrons. The first-order chi connectivity index (χ1) is 57.6. The fraction of sp³-hybridized carbons (Fsp3) is 0.216. The summed E-state index contributed by atoms with van der Waals surface area (Å²) in [6.45, 7) is 17.1. The molecule has 0 radical (unpaired) electrons. The number of methoxy groups -OCH3 is 1. The molecule has 0 fully saturated rings. The van der Waals surface area contributed by atoms with Gasteiger partial charge in [-0.25, -0.2) is 33.1 Å². The summed E-state index contributed by atoms with van der Waals surface area (Å²) in [7, 11) is 1.64. The van der Waals surface area contributed by atoms with E-state index >= 15 is 0 Å². The predicted molar refractivity (Wildman–Crippen MR) is 473 cm³/mol. The van der Waals surface area contributed by atoms with Crippen molar-refractivity contribution in [2.24, 2.45) is 0 Å². The smallest absolute Gasteiger partial charge is 0.178 e. The van der Waals surface area contributed by atoms with Crippen molar-refractivity contribution in [3.8, 4) is 11.5 Å². The third-order valence-electron chi connectivity index (χ3n) is 19.1. The molecule has 4 heterocycles. The predicted octanol–water partition coefficient (Wildman–Crippen LogP) is 23.2. The van der Waals surface area contributed by atoms with Crippen LogP contribution in [0.3, 0.4) is 0 Å². The third kappa shape index (κ3) is 29.7. The Bertz CT molecular complexity index is 5430. The summed E-state index contributed by atoms with van der Waals surface area (Å²) >= 11 is 12.1. The molecule has 0 spiro atoms. The Hall–Kier alpha value is -11.1. The van der Waals surface area contributed by atoms with Gasteiger partial charge in [0.2, 0.25) is 0 Å². The van der Waals surface area contributed by atoms with Crippen molar-refractivity contribution in [2.75, 3.05) is 13.7 Å². The van der Waals surface area contributed by atoms with E-state index in [1.165, 1.54) is 113 Å². The zero-order chi connectivity index (χ0) is 83.8. The quantitative estimate of drug-likeness (QED) is 0.0346. The Labute approximate surface area is 715 Å². The van der Waals surface area contributed by atoms with Crippen molar-refractivity contribution in [3.05, 3.63) is 409 Å². The molecule has 0 atom stereocenters. The van der Waals surface area contributed by atoms with Crippen LogP contribution in [-0.4, -0.2) is 76.3 Å². The standard InChI is InChI=1S/C29H30N2OS.C27H25FN2O2S.C21H21FN2O2S.C20H18ClFN2OS/c1-22-13-15-24(16-14-22)19-31(20-29-30-28(21-33-29)23(2)32)18-17-27(25-9-5-3-6-10-25)26-11-7-4-8-12-26;1-20(31)26-19-33-27(29-26)17-30(15-21-7-11-24(28)12-8-21)16-22-9-13-25(14-10-22)32-18-23-5-3-2-4-6-23;1-15(25)20-14-27-21(23-20)13-24(11-16-3-7-18(22)8-4-16)12-17-5-9-19(26-2)10-6-17;1-14(25)19-13-26-20(23-19)12-24(10-15-5-7-18(22)8-6-15)11-16-3-2-4-17(21)9-16/h3-16,21,27H,17-20H2,1-2H3;2-14,19H,15-18H2,1H3;3-10,14H,11-13H2,1-2H3;2-9,13H,10-12H2,1H3. The zero-order valence-electron chi connectivity index (χ0n) is 67.3. The van der Waals surface area contributed by atoms with E-state index in [0.29, 0.717) is 99.2 Å². The van der Waals surface area contributed by atoms with Crippen LogP contribution in [0.5, 0.6) is 11.5 Å². The second kappa shape index (κ2) is 45.8. The zero-order valence-corrected chi connectivity index (χ0v) is 71.3. The molecule has 14 nitrogen and oxygen atoms in total. The summed E-state index contributed by atoms with van der Waals surface area (Å²) in [5, 5.41) is 11.6. The Morgan fingerprint density at radius 2 is 0.655 bits per heavy atom. The second-order valence-electron chi connectivity index (χ2n) is 28.8. The van der Waals surface area contributed by atoms with Crippen molar-refractivity contribution in [3.63, 3.8) is 0 Å². The van der Waals surface area contributed by atoms with Gasteiger partial charge in [0, 0.05) is 106 Å². The Morgan fingerprint density at radius 3 is 0.992 bits per heavy atom. The van der Waals surface area contributed by atoms with E-state index in [-0.39, 0.29) is 40.6 Å². The summed E-state index contributed by atoms with van der Waals surface area (Å²) in [4.78, 5) is 73.3. The number of hydrogen-bond acceptors (Lipinski definition) is 18. The van der Waals surface area contributed by atoms with Crippen LogP contribution in [0.2, 0.25) is 5.02 Å². The number of halogens is 4. The number of aryl methyl sites for hydroxylation is 1. The van der Waals surface area contributed by atoms with Crippen LogP contribution in [0.15, 0.2) is 282 Å². The number of hydrogen-bond donors (Lipinski definition) is 0. The van der Waals surface area contributed by atoms with Crippen LogP contribution >= 0.6 is 56.9 Å². The largest absolute Gasteiger partial charge is 0.497 e. The average Bonchev–Trinajstić information content (AvgIpc) is 1.65. The number of nitrogens with zero attached hydrogens (tertiary/aromatic N) is 8. The number of thiazole rings is 4. The highest BCUT2D eigenvalue weighted by Crippen LogP contribution is 2.31. The average molecular weight is 1690 g/mol. The van der Waals surface area contributed by atoms with Crippen molar-refractivity contribution < 1.29 is 41.8 Å². The Balaban J connectivity index is 0.000000156. The van der Waals surface area contributed by atoms with E-state index in [9.17, 15) is 32.3 Å². The number of carbonyl (C=O) groups excluding carboxylic acids is 4. The lowest BCUT2D eigenvalue weighted by Gasteiger charge is -2.25. The second-order valence-corrected chi connectivity index (χ2v) is 33.0. The molecule has 14 aromatic rings. The normalized spacial score (nSPS) is 11.1. The maximum atomic E-state index is 13.3. The van der Waals surface area contributed by atoms with Gasteiger partial charge in [-0.15, -0.1) is 45.3 Å². The van der Waals surface area contributed by atoms with Crippen molar-refractivity contribution in [1.29, 1.82) is 0 Å². The van der Waals surface area contributed by atoms with Crippen molar-refractivity contribution in [1.82, 2.24) is 39.5 Å². The Kier molecular flexibility index (Phi) is 34.1. The first-order valence-electron chi connectivity index (χ1n) is 38.9. The molecular weight excluding hydrogens is 1590 g/mol. The maximum Gasteiger partial charge on any atom is 0.178 e. The minimum absolute atomic E-state index is 0.0239. The Morgan fingerprint density at radius 1 is 0.353 bits per heavy atom. The van der Waals surface area contributed by atoms with E-state index < -0.39 is 0 Å². The van der Waals surface area contributed by atoms with Gasteiger partial charge in [-0.2, -0.15) is 0 Å². The van der Waals surface area contributed by atoms with Crippen LogP contribution < -0.4 is 9.47 Å². The monoisotopic (exact) mass is 1690 g/mol. The number of rotatable bonds is 35.